The van der Waals surface area contributed by atoms with Gasteiger partial charge in [0.2, 0.25) is 0 Å². The SMILES string of the molecule is Cc1cc(CN2CCNCC2C)sc1Br.Cl. The predicted octanol–water partition coefficient (Wildman–Crippen LogP) is 3.03. The number of rotatable bonds is 2. The first-order chi connectivity index (χ1) is 7.16. The van der Waals surface area contributed by atoms with E-state index in [-0.39, 0.29) is 12.4 Å². The van der Waals surface area contributed by atoms with Crippen molar-refractivity contribution in [3.63, 3.8) is 0 Å². The topological polar surface area (TPSA) is 15.3 Å². The Morgan fingerprint density at radius 3 is 2.94 bits per heavy atom. The van der Waals surface area contributed by atoms with Crippen molar-refractivity contribution in [2.24, 2.45) is 0 Å². The van der Waals surface area contributed by atoms with Crippen molar-refractivity contribution in [1.82, 2.24) is 10.2 Å². The molecule has 0 spiro atoms. The fourth-order valence-electron chi connectivity index (χ4n) is 1.92. The van der Waals surface area contributed by atoms with Crippen LogP contribution in [0.15, 0.2) is 9.85 Å². The lowest BCUT2D eigenvalue weighted by atomic mass is 10.2. The standard InChI is InChI=1S/C11H17BrN2S.ClH/c1-8-5-10(15-11(8)12)7-14-4-3-13-6-9(14)2;/h5,9,13H,3-4,6-7H2,1-2H3;1H. The quantitative estimate of drug-likeness (QED) is 0.899. The number of thiophene rings is 1. The average Bonchev–Trinajstić information content (AvgIpc) is 2.50. The van der Waals surface area contributed by atoms with Gasteiger partial charge in [0, 0.05) is 37.1 Å². The molecule has 2 nitrogen and oxygen atoms in total. The molecule has 5 heteroatoms. The molecule has 0 aliphatic carbocycles. The van der Waals surface area contributed by atoms with Crippen LogP contribution in [0.1, 0.15) is 17.4 Å². The van der Waals surface area contributed by atoms with E-state index < -0.39 is 0 Å². The molecule has 0 saturated carbocycles. The second-order valence-corrected chi connectivity index (χ2v) is 6.65. The Balaban J connectivity index is 0.00000128. The van der Waals surface area contributed by atoms with E-state index in [0.29, 0.717) is 6.04 Å². The van der Waals surface area contributed by atoms with Crippen molar-refractivity contribution in [1.29, 1.82) is 0 Å². The minimum absolute atomic E-state index is 0. The minimum atomic E-state index is 0. The van der Waals surface area contributed by atoms with E-state index >= 15 is 0 Å². The lowest BCUT2D eigenvalue weighted by molar-refractivity contribution is 0.167. The molecule has 0 aromatic carbocycles. The molecule has 1 aliphatic rings. The normalized spacial score (nSPS) is 21.8. The van der Waals surface area contributed by atoms with Crippen molar-refractivity contribution in [3.8, 4) is 0 Å². The van der Waals surface area contributed by atoms with Gasteiger partial charge in [0.15, 0.2) is 0 Å². The Hall–Kier alpha value is 0.390. The zero-order valence-electron chi connectivity index (χ0n) is 9.62. The molecule has 0 bridgehead atoms. The summed E-state index contributed by atoms with van der Waals surface area (Å²) < 4.78 is 1.28. The predicted molar refractivity (Wildman–Crippen MR) is 76.7 cm³/mol. The molecule has 0 radical (unpaired) electrons. The van der Waals surface area contributed by atoms with Gasteiger partial charge in [-0.1, -0.05) is 0 Å². The van der Waals surface area contributed by atoms with Crippen LogP contribution >= 0.6 is 39.7 Å². The lowest BCUT2D eigenvalue weighted by Crippen LogP contribution is -2.49. The Morgan fingerprint density at radius 1 is 1.62 bits per heavy atom. The maximum absolute atomic E-state index is 3.58. The molecule has 1 saturated heterocycles. The van der Waals surface area contributed by atoms with Crippen molar-refractivity contribution in [2.75, 3.05) is 19.6 Å². The van der Waals surface area contributed by atoms with Gasteiger partial charge in [-0.25, -0.2) is 0 Å². The summed E-state index contributed by atoms with van der Waals surface area (Å²) in [7, 11) is 0. The molecule has 16 heavy (non-hydrogen) atoms. The van der Waals surface area contributed by atoms with Gasteiger partial charge in [-0.2, -0.15) is 0 Å². The molecule has 1 aromatic rings. The van der Waals surface area contributed by atoms with E-state index in [9.17, 15) is 0 Å². The van der Waals surface area contributed by atoms with Crippen LogP contribution in [0.2, 0.25) is 0 Å². The van der Waals surface area contributed by atoms with Crippen LogP contribution < -0.4 is 5.32 Å². The number of piperazine rings is 1. The van der Waals surface area contributed by atoms with Crippen LogP contribution in [0.25, 0.3) is 0 Å². The number of nitrogens with one attached hydrogen (secondary N) is 1. The Morgan fingerprint density at radius 2 is 2.38 bits per heavy atom. The third-order valence-corrected chi connectivity index (χ3v) is 5.03. The molecule has 1 fully saturated rings. The largest absolute Gasteiger partial charge is 0.314 e. The van der Waals surface area contributed by atoms with Crippen molar-refractivity contribution in [2.45, 2.75) is 26.4 Å². The summed E-state index contributed by atoms with van der Waals surface area (Å²) in [5.74, 6) is 0. The van der Waals surface area contributed by atoms with Crippen molar-refractivity contribution < 1.29 is 0 Å². The van der Waals surface area contributed by atoms with Crippen LogP contribution in [-0.2, 0) is 6.54 Å². The van der Waals surface area contributed by atoms with Gasteiger partial charge in [-0.05, 0) is 41.4 Å². The fourth-order valence-corrected chi connectivity index (χ4v) is 3.57. The molecule has 92 valence electrons. The van der Waals surface area contributed by atoms with Crippen LogP contribution in [0, 0.1) is 6.92 Å². The van der Waals surface area contributed by atoms with Gasteiger partial charge in [0.25, 0.3) is 0 Å². The second kappa shape index (κ2) is 6.36. The highest BCUT2D eigenvalue weighted by atomic mass is 79.9. The third-order valence-electron chi connectivity index (χ3n) is 2.91. The minimum Gasteiger partial charge on any atom is -0.314 e. The summed E-state index contributed by atoms with van der Waals surface area (Å²) >= 11 is 5.45. The van der Waals surface area contributed by atoms with Gasteiger partial charge >= 0.3 is 0 Å². The first kappa shape index (κ1) is 14.5. The van der Waals surface area contributed by atoms with Gasteiger partial charge in [-0.3, -0.25) is 4.90 Å². The number of aryl methyl sites for hydroxylation is 1. The monoisotopic (exact) mass is 324 g/mol. The van der Waals surface area contributed by atoms with E-state index in [0.717, 1.165) is 26.2 Å². The van der Waals surface area contributed by atoms with Crippen LogP contribution in [0.3, 0.4) is 0 Å². The van der Waals surface area contributed by atoms with Crippen molar-refractivity contribution >= 4 is 39.7 Å². The smallest absolute Gasteiger partial charge is 0.0730 e. The van der Waals surface area contributed by atoms with E-state index in [1.165, 1.54) is 14.2 Å². The highest BCUT2D eigenvalue weighted by Crippen LogP contribution is 2.28. The Bertz CT molecular complexity index is 323. The first-order valence-corrected chi connectivity index (χ1v) is 6.97. The summed E-state index contributed by atoms with van der Waals surface area (Å²) in [4.78, 5) is 4.02. The molecular weight excluding hydrogens is 308 g/mol. The summed E-state index contributed by atoms with van der Waals surface area (Å²) in [6, 6.07) is 2.95. The fraction of sp³-hybridized carbons (Fsp3) is 0.636. The number of hydrogen-bond donors (Lipinski definition) is 1. The van der Waals surface area contributed by atoms with E-state index in [1.54, 1.807) is 0 Å². The highest BCUT2D eigenvalue weighted by molar-refractivity contribution is 9.11. The Kier molecular flexibility index (Phi) is 5.74. The first-order valence-electron chi connectivity index (χ1n) is 5.36. The number of halogens is 2. The van der Waals surface area contributed by atoms with E-state index in [1.807, 2.05) is 11.3 Å². The maximum atomic E-state index is 3.58. The molecule has 1 unspecified atom stereocenters. The van der Waals surface area contributed by atoms with E-state index in [4.69, 9.17) is 0 Å². The van der Waals surface area contributed by atoms with Gasteiger partial charge < -0.3 is 5.32 Å². The second-order valence-electron chi connectivity index (χ2n) is 4.19. The average molecular weight is 326 g/mol. The van der Waals surface area contributed by atoms with Crippen molar-refractivity contribution in [3.05, 3.63) is 20.3 Å². The van der Waals surface area contributed by atoms with Crippen LogP contribution in [0.5, 0.6) is 0 Å². The van der Waals surface area contributed by atoms with Gasteiger partial charge in [-0.15, -0.1) is 23.7 Å². The van der Waals surface area contributed by atoms with Crippen LogP contribution in [-0.4, -0.2) is 30.6 Å². The van der Waals surface area contributed by atoms with Gasteiger partial charge in [0.05, 0.1) is 3.79 Å². The summed E-state index contributed by atoms with van der Waals surface area (Å²) in [5, 5.41) is 3.42. The molecule has 1 N–H and O–H groups in total. The van der Waals surface area contributed by atoms with Crippen LogP contribution in [0.4, 0.5) is 0 Å². The molecular formula is C11H18BrClN2S. The Labute approximate surface area is 116 Å². The zero-order chi connectivity index (χ0) is 10.8. The third kappa shape index (κ3) is 3.44. The molecule has 2 heterocycles. The molecule has 1 aromatic heterocycles. The highest BCUT2D eigenvalue weighted by Gasteiger charge is 2.18. The summed E-state index contributed by atoms with van der Waals surface area (Å²) in [6.07, 6.45) is 0. The molecule has 0 amide bonds. The lowest BCUT2D eigenvalue weighted by Gasteiger charge is -2.33. The van der Waals surface area contributed by atoms with Gasteiger partial charge in [0.1, 0.15) is 0 Å². The molecule has 1 aliphatic heterocycles. The summed E-state index contributed by atoms with van der Waals surface area (Å²) in [5.41, 5.74) is 1.36. The molecule has 2 rings (SSSR count). The maximum Gasteiger partial charge on any atom is 0.0730 e. The number of hydrogen-bond acceptors (Lipinski definition) is 3. The van der Waals surface area contributed by atoms with E-state index in [2.05, 4.69) is 46.1 Å². The summed E-state index contributed by atoms with van der Waals surface area (Å²) in [6.45, 7) is 8.95. The molecule has 1 atom stereocenters. The number of nitrogens with zero attached hydrogens (tertiary/aromatic N) is 1. The zero-order valence-corrected chi connectivity index (χ0v) is 12.8.